The molecule has 0 saturated heterocycles. The van der Waals surface area contributed by atoms with Crippen molar-refractivity contribution in [2.24, 2.45) is 0 Å². The van der Waals surface area contributed by atoms with Crippen molar-refractivity contribution in [1.29, 1.82) is 0 Å². The SMILES string of the molecule is COC(=O)CC1c2cc(OC)c(OC)cc2CCN1S(=O)(=O)c1cc([N+](=O)[O-])ccc1C. The first kappa shape index (κ1) is 23.5. The van der Waals surface area contributed by atoms with Crippen LogP contribution in [0.1, 0.15) is 29.2 Å². The second-order valence-electron chi connectivity index (χ2n) is 7.27. The molecule has 0 amide bonds. The van der Waals surface area contributed by atoms with E-state index in [-0.39, 0.29) is 23.5 Å². The molecular weight excluding hydrogens is 440 g/mol. The first-order valence-electron chi connectivity index (χ1n) is 9.72. The smallest absolute Gasteiger partial charge is 0.307 e. The second-order valence-corrected chi connectivity index (χ2v) is 9.13. The highest BCUT2D eigenvalue weighted by Gasteiger charge is 2.39. The first-order chi connectivity index (χ1) is 15.1. The van der Waals surface area contributed by atoms with Gasteiger partial charge in [-0.2, -0.15) is 4.31 Å². The van der Waals surface area contributed by atoms with Gasteiger partial charge < -0.3 is 14.2 Å². The third-order valence-corrected chi connectivity index (χ3v) is 7.56. The van der Waals surface area contributed by atoms with E-state index in [9.17, 15) is 23.3 Å². The molecule has 0 aliphatic carbocycles. The van der Waals surface area contributed by atoms with Gasteiger partial charge in [0.25, 0.3) is 5.69 Å². The predicted molar refractivity (Wildman–Crippen MR) is 114 cm³/mol. The van der Waals surface area contributed by atoms with Gasteiger partial charge in [0.2, 0.25) is 10.0 Å². The molecule has 3 rings (SSSR count). The predicted octanol–water partition coefficient (Wildman–Crippen LogP) is 2.77. The van der Waals surface area contributed by atoms with Crippen LogP contribution in [0.2, 0.25) is 0 Å². The zero-order chi connectivity index (χ0) is 23.6. The van der Waals surface area contributed by atoms with Crippen molar-refractivity contribution in [2.75, 3.05) is 27.9 Å². The molecule has 10 nitrogen and oxygen atoms in total. The summed E-state index contributed by atoms with van der Waals surface area (Å²) >= 11 is 0. The fraction of sp³-hybridized carbons (Fsp3) is 0.381. The van der Waals surface area contributed by atoms with E-state index in [0.717, 1.165) is 11.6 Å². The minimum Gasteiger partial charge on any atom is -0.493 e. The molecule has 0 fully saturated rings. The molecule has 32 heavy (non-hydrogen) atoms. The van der Waals surface area contributed by atoms with Crippen LogP contribution in [0.4, 0.5) is 5.69 Å². The van der Waals surface area contributed by atoms with Gasteiger partial charge in [0.1, 0.15) is 0 Å². The maximum Gasteiger partial charge on any atom is 0.307 e. The maximum atomic E-state index is 13.6. The number of esters is 1. The molecule has 11 heteroatoms. The molecule has 0 radical (unpaired) electrons. The van der Waals surface area contributed by atoms with Crippen LogP contribution in [0.25, 0.3) is 0 Å². The average Bonchev–Trinajstić information content (AvgIpc) is 2.77. The number of aryl methyl sites for hydroxylation is 1. The summed E-state index contributed by atoms with van der Waals surface area (Å²) in [5, 5.41) is 11.2. The topological polar surface area (TPSA) is 125 Å². The largest absolute Gasteiger partial charge is 0.493 e. The highest BCUT2D eigenvalue weighted by Crippen LogP contribution is 2.42. The van der Waals surface area contributed by atoms with E-state index in [1.165, 1.54) is 37.8 Å². The summed E-state index contributed by atoms with van der Waals surface area (Å²) in [6.07, 6.45) is 0.132. The van der Waals surface area contributed by atoms with Gasteiger partial charge in [-0.05, 0) is 42.2 Å². The number of fused-ring (bicyclic) bond motifs is 1. The van der Waals surface area contributed by atoms with Crippen LogP contribution in [-0.2, 0) is 26.0 Å². The number of hydrogen-bond acceptors (Lipinski definition) is 8. The number of methoxy groups -OCH3 is 3. The lowest BCUT2D eigenvalue weighted by Gasteiger charge is -2.36. The van der Waals surface area contributed by atoms with Crippen LogP contribution in [0, 0.1) is 17.0 Å². The lowest BCUT2D eigenvalue weighted by molar-refractivity contribution is -0.385. The Bertz CT molecular complexity index is 1160. The van der Waals surface area contributed by atoms with Gasteiger partial charge in [0.05, 0.1) is 43.6 Å². The molecule has 1 heterocycles. The second kappa shape index (κ2) is 9.13. The molecule has 1 aliphatic heterocycles. The molecular formula is C21H24N2O8S. The Morgan fingerprint density at radius 1 is 1.16 bits per heavy atom. The first-order valence-corrected chi connectivity index (χ1v) is 11.2. The lowest BCUT2D eigenvalue weighted by Crippen LogP contribution is -2.41. The Morgan fingerprint density at radius 2 is 1.81 bits per heavy atom. The molecule has 2 aromatic carbocycles. The fourth-order valence-corrected chi connectivity index (χ4v) is 5.70. The number of nitrogens with zero attached hydrogens (tertiary/aromatic N) is 2. The van der Waals surface area contributed by atoms with E-state index in [1.54, 1.807) is 19.1 Å². The third-order valence-electron chi connectivity index (χ3n) is 5.51. The Morgan fingerprint density at radius 3 is 2.41 bits per heavy atom. The summed E-state index contributed by atoms with van der Waals surface area (Å²) in [6, 6.07) is 6.23. The van der Waals surface area contributed by atoms with Crippen LogP contribution >= 0.6 is 0 Å². The standard InChI is InChI=1S/C21H24N2O8S/c1-13-5-6-15(23(25)26)10-20(13)32(27,28)22-8-7-14-9-18(29-2)19(30-3)11-16(14)17(22)12-21(24)31-4/h5-6,9-11,17H,7-8,12H2,1-4H3. The Kier molecular flexibility index (Phi) is 6.70. The Balaban J connectivity index is 2.16. The molecule has 172 valence electrons. The van der Waals surface area contributed by atoms with Gasteiger partial charge in [-0.15, -0.1) is 0 Å². The van der Waals surface area contributed by atoms with E-state index >= 15 is 0 Å². The van der Waals surface area contributed by atoms with Crippen molar-refractivity contribution >= 4 is 21.7 Å². The molecule has 0 saturated carbocycles. The van der Waals surface area contributed by atoms with Crippen LogP contribution < -0.4 is 9.47 Å². The number of ether oxygens (including phenoxy) is 3. The van der Waals surface area contributed by atoms with E-state index in [1.807, 2.05) is 0 Å². The van der Waals surface area contributed by atoms with Gasteiger partial charge in [-0.3, -0.25) is 14.9 Å². The Hall–Kier alpha value is -3.18. The van der Waals surface area contributed by atoms with Crippen molar-refractivity contribution in [3.8, 4) is 11.5 Å². The van der Waals surface area contributed by atoms with E-state index in [4.69, 9.17) is 14.2 Å². The lowest BCUT2D eigenvalue weighted by atomic mass is 9.91. The van der Waals surface area contributed by atoms with E-state index < -0.39 is 27.0 Å². The van der Waals surface area contributed by atoms with Crippen molar-refractivity contribution in [3.05, 3.63) is 57.1 Å². The monoisotopic (exact) mass is 464 g/mol. The van der Waals surface area contributed by atoms with Crippen LogP contribution in [0.5, 0.6) is 11.5 Å². The number of carbonyl (C=O) groups excluding carboxylic acids is 1. The maximum absolute atomic E-state index is 13.6. The molecule has 1 atom stereocenters. The van der Waals surface area contributed by atoms with Gasteiger partial charge >= 0.3 is 5.97 Å². The third kappa shape index (κ3) is 4.26. The summed E-state index contributed by atoms with van der Waals surface area (Å²) in [5.74, 6) is 0.300. The molecule has 1 aliphatic rings. The number of rotatable bonds is 7. The average molecular weight is 464 g/mol. The van der Waals surface area contributed by atoms with E-state index in [0.29, 0.717) is 29.0 Å². The minimum atomic E-state index is -4.18. The van der Waals surface area contributed by atoms with Gasteiger partial charge in [0.15, 0.2) is 11.5 Å². The number of non-ortho nitro benzene ring substituents is 1. The number of carbonyl (C=O) groups is 1. The highest BCUT2D eigenvalue weighted by molar-refractivity contribution is 7.89. The summed E-state index contributed by atoms with van der Waals surface area (Å²) in [4.78, 5) is 22.6. The van der Waals surface area contributed by atoms with E-state index in [2.05, 4.69) is 0 Å². The normalized spacial score (nSPS) is 16.2. The number of benzene rings is 2. The Labute approximate surface area is 185 Å². The summed E-state index contributed by atoms with van der Waals surface area (Å²) in [7, 11) is 0.00826. The van der Waals surface area contributed by atoms with Crippen molar-refractivity contribution in [3.63, 3.8) is 0 Å². The molecule has 0 N–H and O–H groups in total. The summed E-state index contributed by atoms with van der Waals surface area (Å²) in [6.45, 7) is 1.65. The molecule has 1 unspecified atom stereocenters. The highest BCUT2D eigenvalue weighted by atomic mass is 32.2. The van der Waals surface area contributed by atoms with Crippen LogP contribution in [0.15, 0.2) is 35.2 Å². The molecule has 0 spiro atoms. The zero-order valence-electron chi connectivity index (χ0n) is 18.2. The zero-order valence-corrected chi connectivity index (χ0v) is 19.0. The molecule has 2 aromatic rings. The minimum absolute atomic E-state index is 0.0780. The number of nitro groups is 1. The van der Waals surface area contributed by atoms with Crippen LogP contribution in [0.3, 0.4) is 0 Å². The van der Waals surface area contributed by atoms with Crippen molar-refractivity contribution < 1.29 is 32.3 Å². The molecule has 0 bridgehead atoms. The summed E-state index contributed by atoms with van der Waals surface area (Å²) < 4.78 is 44.0. The fourth-order valence-electron chi connectivity index (χ4n) is 3.85. The number of hydrogen-bond donors (Lipinski definition) is 0. The van der Waals surface area contributed by atoms with Crippen molar-refractivity contribution in [2.45, 2.75) is 30.7 Å². The quantitative estimate of drug-likeness (QED) is 0.348. The summed E-state index contributed by atoms with van der Waals surface area (Å²) in [5.41, 5.74) is 1.44. The van der Waals surface area contributed by atoms with Crippen LogP contribution in [-0.4, -0.2) is 51.5 Å². The number of nitro benzene ring substituents is 1. The molecule has 0 aromatic heterocycles. The number of sulfonamides is 1. The van der Waals surface area contributed by atoms with Gasteiger partial charge in [0, 0.05) is 18.7 Å². The van der Waals surface area contributed by atoms with Gasteiger partial charge in [-0.25, -0.2) is 8.42 Å². The van der Waals surface area contributed by atoms with Crippen molar-refractivity contribution in [1.82, 2.24) is 4.31 Å². The van der Waals surface area contributed by atoms with Gasteiger partial charge in [-0.1, -0.05) is 6.07 Å².